The molecule has 4 heteroatoms. The largest absolute Gasteiger partial charge is 0.255 e. The minimum absolute atomic E-state index is 0. The van der Waals surface area contributed by atoms with Crippen molar-refractivity contribution in [1.29, 1.82) is 0 Å². The summed E-state index contributed by atoms with van der Waals surface area (Å²) < 4.78 is 0. The molecule has 0 saturated carbocycles. The molecular formula is C28H24N2PPt+. The van der Waals surface area contributed by atoms with Gasteiger partial charge in [0.2, 0.25) is 0 Å². The molecule has 3 aromatic carbocycles. The Morgan fingerprint density at radius 1 is 0.375 bits per heavy atom. The van der Waals surface area contributed by atoms with Crippen LogP contribution in [0.5, 0.6) is 0 Å². The summed E-state index contributed by atoms with van der Waals surface area (Å²) in [6.07, 6.45) is 3.54. The molecule has 0 aliphatic rings. The monoisotopic (exact) mass is 614 g/mol. The summed E-state index contributed by atoms with van der Waals surface area (Å²) in [7, 11) is -0.877. The molecule has 0 fully saturated rings. The van der Waals surface area contributed by atoms with E-state index in [-0.39, 0.29) is 21.1 Å². The van der Waals surface area contributed by atoms with Crippen molar-refractivity contribution < 1.29 is 21.1 Å². The van der Waals surface area contributed by atoms with Crippen LogP contribution in [0.4, 0.5) is 0 Å². The summed E-state index contributed by atoms with van der Waals surface area (Å²) in [4.78, 5) is 8.37. The topological polar surface area (TPSA) is 25.8 Å². The van der Waals surface area contributed by atoms with Gasteiger partial charge < -0.3 is 0 Å². The van der Waals surface area contributed by atoms with Gasteiger partial charge in [-0.2, -0.15) is 0 Å². The van der Waals surface area contributed by atoms with Crippen LogP contribution in [-0.4, -0.2) is 9.97 Å². The molecule has 2 nitrogen and oxygen atoms in total. The summed E-state index contributed by atoms with van der Waals surface area (Å²) in [6.45, 7) is 0. The Bertz CT molecular complexity index is 1030. The predicted octanol–water partition coefficient (Wildman–Crippen LogP) is 5.32. The van der Waals surface area contributed by atoms with Crippen molar-refractivity contribution in [3.8, 4) is 11.4 Å². The molecule has 0 radical (unpaired) electrons. The molecule has 0 amide bonds. The second kappa shape index (κ2) is 12.8. The van der Waals surface area contributed by atoms with Gasteiger partial charge in [0.25, 0.3) is 0 Å². The van der Waals surface area contributed by atoms with Crippen LogP contribution < -0.4 is 15.9 Å². The van der Waals surface area contributed by atoms with Crippen LogP contribution in [0.1, 0.15) is 0 Å². The van der Waals surface area contributed by atoms with Crippen LogP contribution >= 0.6 is 7.92 Å². The number of hydrogen-bond acceptors (Lipinski definition) is 2. The molecule has 5 aromatic rings. The molecule has 0 bridgehead atoms. The van der Waals surface area contributed by atoms with Crippen LogP contribution in [0.15, 0.2) is 140 Å². The van der Waals surface area contributed by atoms with Crippen LogP contribution in [0.25, 0.3) is 11.4 Å². The van der Waals surface area contributed by atoms with Gasteiger partial charge in [-0.05, 0) is 60.7 Å². The Balaban J connectivity index is 0.000000193. The smallest absolute Gasteiger partial charge is 0.102 e. The molecule has 0 unspecified atom stereocenters. The third-order valence-electron chi connectivity index (χ3n) is 4.78. The minimum atomic E-state index is -0.877. The molecule has 0 atom stereocenters. The summed E-state index contributed by atoms with van der Waals surface area (Å²) >= 11 is 0. The van der Waals surface area contributed by atoms with E-state index in [2.05, 4.69) is 101 Å². The molecule has 0 aliphatic heterocycles. The molecule has 0 N–H and O–H groups in total. The molecule has 2 aromatic heterocycles. The second-order valence-corrected chi connectivity index (χ2v) is 9.39. The van der Waals surface area contributed by atoms with Gasteiger partial charge in [-0.1, -0.05) is 66.7 Å². The van der Waals surface area contributed by atoms with Gasteiger partial charge in [0.1, 0.15) is 15.9 Å². The quantitative estimate of drug-likeness (QED) is 0.257. The number of pyridine rings is 2. The Hall–Kier alpha value is -2.92. The maximum atomic E-state index is 4.19. The second-order valence-electron chi connectivity index (χ2n) is 6.90. The van der Waals surface area contributed by atoms with Crippen molar-refractivity contribution in [3.05, 3.63) is 140 Å². The summed E-state index contributed by atoms with van der Waals surface area (Å²) in [5.74, 6) is 0. The van der Waals surface area contributed by atoms with E-state index >= 15 is 0 Å². The Labute approximate surface area is 205 Å². The number of rotatable bonds is 4. The first-order valence-electron chi connectivity index (χ1n) is 10.3. The average molecular weight is 615 g/mol. The standard InChI is InChI=1S/C18H15P.C10H8N2.Pt/c1-4-10-16(11-5-1)19(17-12-6-2-7-13-17)18-14-8-3-9-15-18;1-3-7-11-9(5-1)10-6-2-4-8-12-10;/h1-15H;1-8H;/p+1. The number of benzene rings is 3. The number of aromatic nitrogens is 2. The Kier molecular flexibility index (Phi) is 9.51. The van der Waals surface area contributed by atoms with Crippen molar-refractivity contribution in [3.63, 3.8) is 0 Å². The molecule has 32 heavy (non-hydrogen) atoms. The fourth-order valence-corrected chi connectivity index (χ4v) is 5.92. The zero-order chi connectivity index (χ0) is 21.1. The van der Waals surface area contributed by atoms with Crippen LogP contribution in [-0.2, 0) is 21.1 Å². The zero-order valence-corrected chi connectivity index (χ0v) is 20.8. The molecular weight excluding hydrogens is 590 g/mol. The van der Waals surface area contributed by atoms with Gasteiger partial charge in [0, 0.05) is 33.5 Å². The van der Waals surface area contributed by atoms with Crippen molar-refractivity contribution in [2.75, 3.05) is 0 Å². The minimum Gasteiger partial charge on any atom is -0.255 e. The van der Waals surface area contributed by atoms with Gasteiger partial charge in [-0.25, -0.2) is 0 Å². The van der Waals surface area contributed by atoms with Crippen molar-refractivity contribution in [2.45, 2.75) is 0 Å². The average Bonchev–Trinajstić information content (AvgIpc) is 2.88. The summed E-state index contributed by atoms with van der Waals surface area (Å²) in [5, 5.41) is 4.31. The number of hydrogen-bond donors (Lipinski definition) is 0. The van der Waals surface area contributed by atoms with Crippen LogP contribution in [0.2, 0.25) is 0 Å². The number of nitrogens with zero attached hydrogens (tertiary/aromatic N) is 2. The van der Waals surface area contributed by atoms with E-state index in [4.69, 9.17) is 0 Å². The van der Waals surface area contributed by atoms with E-state index in [9.17, 15) is 0 Å². The Morgan fingerprint density at radius 3 is 0.969 bits per heavy atom. The maximum absolute atomic E-state index is 4.19. The first kappa shape index (κ1) is 23.7. The molecule has 0 aliphatic carbocycles. The van der Waals surface area contributed by atoms with Gasteiger partial charge in [-0.15, -0.1) is 0 Å². The van der Waals surface area contributed by atoms with E-state index in [0.29, 0.717) is 0 Å². The van der Waals surface area contributed by atoms with E-state index in [1.165, 1.54) is 15.9 Å². The normalized spacial score (nSPS) is 9.91. The van der Waals surface area contributed by atoms with E-state index in [1.807, 2.05) is 36.4 Å². The molecule has 0 saturated heterocycles. The first-order valence-corrected chi connectivity index (χ1v) is 11.8. The fourth-order valence-electron chi connectivity index (χ4n) is 3.34. The molecule has 0 spiro atoms. The fraction of sp³-hybridized carbons (Fsp3) is 0. The van der Waals surface area contributed by atoms with E-state index in [0.717, 1.165) is 11.4 Å². The van der Waals surface area contributed by atoms with E-state index < -0.39 is 7.92 Å². The van der Waals surface area contributed by atoms with Crippen LogP contribution in [0, 0.1) is 0 Å². The third-order valence-corrected chi connectivity index (χ3v) is 7.51. The SMILES string of the molecule is [Pt].c1ccc(-c2ccccn2)nc1.c1ccc([PH+](c2ccccc2)c2ccccc2)cc1. The van der Waals surface area contributed by atoms with Gasteiger partial charge in [0.05, 0.1) is 19.3 Å². The van der Waals surface area contributed by atoms with Crippen LogP contribution in [0.3, 0.4) is 0 Å². The molecule has 2 heterocycles. The zero-order valence-electron chi connectivity index (χ0n) is 17.5. The third kappa shape index (κ3) is 6.54. The Morgan fingerprint density at radius 2 is 0.688 bits per heavy atom. The van der Waals surface area contributed by atoms with E-state index in [1.54, 1.807) is 12.4 Å². The van der Waals surface area contributed by atoms with Crippen molar-refractivity contribution >= 4 is 23.8 Å². The first-order chi connectivity index (χ1) is 15.4. The maximum Gasteiger partial charge on any atom is 0.102 e. The van der Waals surface area contributed by atoms with Crippen molar-refractivity contribution in [2.24, 2.45) is 0 Å². The van der Waals surface area contributed by atoms with Gasteiger partial charge >= 0.3 is 0 Å². The van der Waals surface area contributed by atoms with Crippen molar-refractivity contribution in [1.82, 2.24) is 9.97 Å². The summed E-state index contributed by atoms with van der Waals surface area (Å²) in [6, 6.07) is 44.1. The van der Waals surface area contributed by atoms with Gasteiger partial charge in [-0.3, -0.25) is 9.97 Å². The molecule has 5 rings (SSSR count). The van der Waals surface area contributed by atoms with Gasteiger partial charge in [0.15, 0.2) is 0 Å². The predicted molar refractivity (Wildman–Crippen MR) is 134 cm³/mol. The summed E-state index contributed by atoms with van der Waals surface area (Å²) in [5.41, 5.74) is 1.83. The molecule has 160 valence electrons.